The van der Waals surface area contributed by atoms with Crippen molar-refractivity contribution in [2.24, 2.45) is 0 Å². The molecule has 4 rings (SSSR count). The number of fused-ring (bicyclic) bond motifs is 1. The van der Waals surface area contributed by atoms with E-state index in [1.54, 1.807) is 6.07 Å². The van der Waals surface area contributed by atoms with Gasteiger partial charge in [-0.15, -0.1) is 11.3 Å². The summed E-state index contributed by atoms with van der Waals surface area (Å²) < 4.78 is 29.4. The zero-order chi connectivity index (χ0) is 19.3. The van der Waals surface area contributed by atoms with Gasteiger partial charge in [0.15, 0.2) is 0 Å². The molecule has 1 amide bonds. The summed E-state index contributed by atoms with van der Waals surface area (Å²) in [6, 6.07) is 9.96. The Morgan fingerprint density at radius 2 is 1.78 bits per heavy atom. The first-order valence-corrected chi connectivity index (χ1v) is 8.94. The Balaban J connectivity index is 1.92. The SMILES string of the molecule is Cc1c(F)ccc(-c2csc3c2C(=O)C(F)(c2ccccc2)C(=O)N3)c1O. The summed E-state index contributed by atoms with van der Waals surface area (Å²) in [5.74, 6) is -2.99. The van der Waals surface area contributed by atoms with Gasteiger partial charge in [0.25, 0.3) is 11.6 Å². The molecule has 1 aromatic heterocycles. The van der Waals surface area contributed by atoms with E-state index >= 15 is 4.39 Å². The van der Waals surface area contributed by atoms with Gasteiger partial charge in [0.2, 0.25) is 5.78 Å². The number of phenols is 1. The number of alkyl halides is 1. The molecule has 1 unspecified atom stereocenters. The van der Waals surface area contributed by atoms with E-state index in [0.717, 1.165) is 11.3 Å². The van der Waals surface area contributed by atoms with Gasteiger partial charge in [-0.3, -0.25) is 9.59 Å². The number of benzene rings is 2. The van der Waals surface area contributed by atoms with Crippen LogP contribution in [0.25, 0.3) is 11.1 Å². The van der Waals surface area contributed by atoms with Crippen LogP contribution in [0.15, 0.2) is 47.8 Å². The number of hydrogen-bond acceptors (Lipinski definition) is 4. The highest BCUT2D eigenvalue weighted by Gasteiger charge is 2.53. The summed E-state index contributed by atoms with van der Waals surface area (Å²) in [5.41, 5.74) is -2.52. The lowest BCUT2D eigenvalue weighted by Gasteiger charge is -2.28. The van der Waals surface area contributed by atoms with Gasteiger partial charge in [0, 0.05) is 27.6 Å². The van der Waals surface area contributed by atoms with Crippen LogP contribution < -0.4 is 5.32 Å². The molecular weight excluding hydrogens is 372 g/mol. The molecule has 0 radical (unpaired) electrons. The quantitative estimate of drug-likeness (QED) is 0.635. The summed E-state index contributed by atoms with van der Waals surface area (Å²) in [5, 5.41) is 14.5. The predicted molar refractivity (Wildman–Crippen MR) is 98.3 cm³/mol. The van der Waals surface area contributed by atoms with Crippen LogP contribution in [0.4, 0.5) is 13.8 Å². The van der Waals surface area contributed by atoms with E-state index in [1.165, 1.54) is 48.7 Å². The number of aromatic hydroxyl groups is 1. The van der Waals surface area contributed by atoms with Gasteiger partial charge < -0.3 is 10.4 Å². The minimum absolute atomic E-state index is 0.0225. The molecular formula is C20H13F2NO3S. The van der Waals surface area contributed by atoms with Gasteiger partial charge in [-0.1, -0.05) is 30.3 Å². The molecule has 2 N–H and O–H groups in total. The van der Waals surface area contributed by atoms with Crippen molar-refractivity contribution in [3.8, 4) is 16.9 Å². The van der Waals surface area contributed by atoms with Crippen LogP contribution in [0.5, 0.6) is 5.75 Å². The molecule has 4 nitrogen and oxygen atoms in total. The highest BCUT2D eigenvalue weighted by molar-refractivity contribution is 7.15. The minimum Gasteiger partial charge on any atom is -0.507 e. The predicted octanol–water partition coefficient (Wildman–Crippen LogP) is 4.57. The second-order valence-electron chi connectivity index (χ2n) is 6.23. The molecule has 7 heteroatoms. The number of rotatable bonds is 2. The average Bonchev–Trinajstić information content (AvgIpc) is 3.08. The molecule has 3 aromatic rings. The number of carbonyl (C=O) groups excluding carboxylic acids is 2. The highest BCUT2D eigenvalue weighted by Crippen LogP contribution is 2.47. The summed E-state index contributed by atoms with van der Waals surface area (Å²) in [4.78, 5) is 25.5. The zero-order valence-electron chi connectivity index (χ0n) is 14.0. The first-order valence-electron chi connectivity index (χ1n) is 8.06. The lowest BCUT2D eigenvalue weighted by molar-refractivity contribution is -0.125. The van der Waals surface area contributed by atoms with Crippen LogP contribution in [0, 0.1) is 12.7 Å². The second-order valence-corrected chi connectivity index (χ2v) is 7.11. The van der Waals surface area contributed by atoms with Gasteiger partial charge in [0.1, 0.15) is 16.6 Å². The smallest absolute Gasteiger partial charge is 0.275 e. The highest BCUT2D eigenvalue weighted by atomic mass is 32.1. The van der Waals surface area contributed by atoms with E-state index in [1.807, 2.05) is 0 Å². The molecule has 1 aliphatic rings. The molecule has 2 heterocycles. The number of phenolic OH excluding ortho intramolecular Hbond substituents is 1. The van der Waals surface area contributed by atoms with Crippen LogP contribution in [0.2, 0.25) is 0 Å². The topological polar surface area (TPSA) is 66.4 Å². The molecule has 1 atom stereocenters. The number of amides is 1. The van der Waals surface area contributed by atoms with Crippen molar-refractivity contribution in [1.82, 2.24) is 0 Å². The van der Waals surface area contributed by atoms with Crippen LogP contribution in [-0.4, -0.2) is 16.8 Å². The molecule has 136 valence electrons. The Kier molecular flexibility index (Phi) is 3.85. The van der Waals surface area contributed by atoms with E-state index < -0.39 is 23.2 Å². The Bertz CT molecular complexity index is 1090. The Morgan fingerprint density at radius 1 is 1.07 bits per heavy atom. The van der Waals surface area contributed by atoms with Gasteiger partial charge >= 0.3 is 0 Å². The number of hydrogen-bond donors (Lipinski definition) is 2. The number of halogens is 2. The molecule has 1 aliphatic heterocycles. The van der Waals surface area contributed by atoms with Crippen molar-refractivity contribution in [2.75, 3.05) is 5.32 Å². The summed E-state index contributed by atoms with van der Waals surface area (Å²) in [6.07, 6.45) is 0. The van der Waals surface area contributed by atoms with Crippen LogP contribution in [0.3, 0.4) is 0 Å². The second kappa shape index (κ2) is 5.99. The van der Waals surface area contributed by atoms with Crippen molar-refractivity contribution >= 4 is 28.0 Å². The molecule has 0 saturated heterocycles. The van der Waals surface area contributed by atoms with Gasteiger partial charge in [-0.05, 0) is 19.1 Å². The minimum atomic E-state index is -2.88. The van der Waals surface area contributed by atoms with Crippen LogP contribution in [-0.2, 0) is 10.5 Å². The lowest BCUT2D eigenvalue weighted by Crippen LogP contribution is -2.47. The zero-order valence-corrected chi connectivity index (χ0v) is 14.9. The molecule has 2 aromatic carbocycles. The third-order valence-corrected chi connectivity index (χ3v) is 5.59. The van der Waals surface area contributed by atoms with E-state index in [0.29, 0.717) is 0 Å². The van der Waals surface area contributed by atoms with Crippen LogP contribution >= 0.6 is 11.3 Å². The monoisotopic (exact) mass is 385 g/mol. The third kappa shape index (κ3) is 2.39. The third-order valence-electron chi connectivity index (χ3n) is 4.70. The average molecular weight is 385 g/mol. The number of thiophene rings is 1. The van der Waals surface area contributed by atoms with E-state index in [4.69, 9.17) is 0 Å². The molecule has 0 fully saturated rings. The Hall–Kier alpha value is -3.06. The fraction of sp³-hybridized carbons (Fsp3) is 0.100. The number of anilines is 1. The summed E-state index contributed by atoms with van der Waals surface area (Å²) >= 11 is 1.04. The molecule has 0 aliphatic carbocycles. The Morgan fingerprint density at radius 3 is 2.48 bits per heavy atom. The molecule has 0 bridgehead atoms. The first kappa shape index (κ1) is 17.4. The van der Waals surface area contributed by atoms with Gasteiger partial charge in [0.05, 0.1) is 5.56 Å². The number of nitrogens with one attached hydrogen (secondary N) is 1. The van der Waals surface area contributed by atoms with Crippen molar-refractivity contribution in [2.45, 2.75) is 12.6 Å². The first-order chi connectivity index (χ1) is 12.9. The van der Waals surface area contributed by atoms with E-state index in [2.05, 4.69) is 5.32 Å². The molecule has 27 heavy (non-hydrogen) atoms. The number of carbonyl (C=O) groups is 2. The standard InChI is InChI=1S/C20H13F2NO3S/c1-10-14(21)8-7-12(16(10)24)13-9-27-18-15(13)17(25)20(22,19(26)23-18)11-5-3-2-4-6-11/h2-9,24H,1H3,(H,23,26). The number of ketones is 1. The molecule has 0 saturated carbocycles. The maximum atomic E-state index is 15.7. The maximum absolute atomic E-state index is 15.7. The normalized spacial score (nSPS) is 18.9. The van der Waals surface area contributed by atoms with Crippen molar-refractivity contribution in [3.05, 3.63) is 70.4 Å². The largest absolute Gasteiger partial charge is 0.507 e. The Labute approximate surface area is 157 Å². The van der Waals surface area contributed by atoms with E-state index in [9.17, 15) is 19.1 Å². The lowest BCUT2D eigenvalue weighted by atomic mass is 9.83. The van der Waals surface area contributed by atoms with Crippen molar-refractivity contribution < 1.29 is 23.5 Å². The molecule has 0 spiro atoms. The maximum Gasteiger partial charge on any atom is 0.275 e. The van der Waals surface area contributed by atoms with E-state index in [-0.39, 0.29) is 38.6 Å². The number of Topliss-reactive ketones (excluding diaryl/α,β-unsaturated/α-hetero) is 1. The summed E-state index contributed by atoms with van der Waals surface area (Å²) in [6.45, 7) is 1.40. The van der Waals surface area contributed by atoms with Crippen molar-refractivity contribution in [1.29, 1.82) is 0 Å². The van der Waals surface area contributed by atoms with Crippen molar-refractivity contribution in [3.63, 3.8) is 0 Å². The van der Waals surface area contributed by atoms with Gasteiger partial charge in [-0.2, -0.15) is 0 Å². The van der Waals surface area contributed by atoms with Gasteiger partial charge in [-0.25, -0.2) is 8.78 Å². The fourth-order valence-electron chi connectivity index (χ4n) is 3.16. The van der Waals surface area contributed by atoms with Crippen LogP contribution in [0.1, 0.15) is 21.5 Å². The summed E-state index contributed by atoms with van der Waals surface area (Å²) in [7, 11) is 0. The fourth-order valence-corrected chi connectivity index (χ4v) is 4.11.